The summed E-state index contributed by atoms with van der Waals surface area (Å²) in [6.45, 7) is 1.49. The second-order valence-corrected chi connectivity index (χ2v) is 5.95. The van der Waals surface area contributed by atoms with Gasteiger partial charge in [-0.2, -0.15) is 0 Å². The maximum Gasteiger partial charge on any atom is 0.372 e. The molecule has 1 heterocycles. The van der Waals surface area contributed by atoms with Crippen molar-refractivity contribution in [1.29, 1.82) is 0 Å². The van der Waals surface area contributed by atoms with E-state index in [0.29, 0.717) is 16.9 Å². The third-order valence-corrected chi connectivity index (χ3v) is 4.31. The van der Waals surface area contributed by atoms with Gasteiger partial charge in [0, 0.05) is 5.56 Å². The smallest absolute Gasteiger partial charge is 0.372 e. The predicted molar refractivity (Wildman–Crippen MR) is 85.2 cm³/mol. The highest BCUT2D eigenvalue weighted by atomic mass is 32.1. The number of aliphatic carboxylic acids is 1. The zero-order chi connectivity index (χ0) is 17.0. The Morgan fingerprint density at radius 3 is 2.26 bits per heavy atom. The Labute approximate surface area is 136 Å². The number of carbonyl (C=O) groups is 4. The first-order valence-corrected chi connectivity index (χ1v) is 7.72. The second kappa shape index (κ2) is 7.11. The topological polar surface area (TPSA) is 88.5 Å². The molecule has 1 aromatic heterocycles. The number of Topliss-reactive ketones (excluding diaryl/α,β-unsaturated/α-hetero) is 3. The van der Waals surface area contributed by atoms with E-state index in [1.807, 2.05) is 12.1 Å². The molecule has 0 saturated heterocycles. The van der Waals surface area contributed by atoms with E-state index in [0.717, 1.165) is 11.1 Å². The van der Waals surface area contributed by atoms with Gasteiger partial charge in [-0.15, -0.1) is 11.3 Å². The lowest BCUT2D eigenvalue weighted by atomic mass is 10.0. The monoisotopic (exact) mass is 330 g/mol. The van der Waals surface area contributed by atoms with Crippen LogP contribution in [0.15, 0.2) is 35.7 Å². The predicted octanol–water partition coefficient (Wildman–Crippen LogP) is 2.77. The highest BCUT2D eigenvalue weighted by Gasteiger charge is 2.21. The van der Waals surface area contributed by atoms with Crippen LogP contribution < -0.4 is 0 Å². The van der Waals surface area contributed by atoms with Gasteiger partial charge in [-0.3, -0.25) is 14.4 Å². The van der Waals surface area contributed by atoms with E-state index < -0.39 is 24.0 Å². The molecular weight excluding hydrogens is 316 g/mol. The van der Waals surface area contributed by atoms with Gasteiger partial charge in [-0.05, 0) is 35.9 Å². The maximum absolute atomic E-state index is 12.1. The average molecular weight is 330 g/mol. The lowest BCUT2D eigenvalue weighted by Gasteiger charge is -2.04. The van der Waals surface area contributed by atoms with Gasteiger partial charge in [0.2, 0.25) is 5.78 Å². The molecule has 0 saturated carbocycles. The molecule has 0 atom stereocenters. The number of thiophene rings is 1. The molecule has 0 aliphatic rings. The van der Waals surface area contributed by atoms with Gasteiger partial charge < -0.3 is 5.11 Å². The van der Waals surface area contributed by atoms with Crippen molar-refractivity contribution in [1.82, 2.24) is 0 Å². The molecule has 2 rings (SSSR count). The van der Waals surface area contributed by atoms with Crippen molar-refractivity contribution >= 4 is 34.7 Å². The summed E-state index contributed by atoms with van der Waals surface area (Å²) in [5.74, 6) is -3.21. The number of carboxylic acid groups (broad SMARTS) is 1. The molecule has 1 aromatic carbocycles. The number of carbonyl (C=O) groups excluding carboxylic acids is 3. The van der Waals surface area contributed by atoms with Crippen LogP contribution in [0.5, 0.6) is 0 Å². The summed E-state index contributed by atoms with van der Waals surface area (Å²) in [5, 5.41) is 10.3. The van der Waals surface area contributed by atoms with Crippen LogP contribution in [0, 0.1) is 0 Å². The molecule has 23 heavy (non-hydrogen) atoms. The Balaban J connectivity index is 2.14. The number of rotatable bonds is 7. The number of hydrogen-bond acceptors (Lipinski definition) is 5. The normalized spacial score (nSPS) is 10.3. The number of hydrogen-bond donors (Lipinski definition) is 1. The van der Waals surface area contributed by atoms with Gasteiger partial charge in [0.05, 0.1) is 11.3 Å². The molecule has 6 heteroatoms. The van der Waals surface area contributed by atoms with Crippen LogP contribution in [0.25, 0.3) is 0 Å². The summed E-state index contributed by atoms with van der Waals surface area (Å²) in [5.41, 5.74) is 2.28. The Morgan fingerprint density at radius 1 is 1.04 bits per heavy atom. The largest absolute Gasteiger partial charge is 0.475 e. The minimum absolute atomic E-state index is 0.0184. The molecule has 0 fully saturated rings. The van der Waals surface area contributed by atoms with Gasteiger partial charge in [0.15, 0.2) is 11.6 Å². The zero-order valence-electron chi connectivity index (χ0n) is 12.4. The summed E-state index contributed by atoms with van der Waals surface area (Å²) < 4.78 is 0. The summed E-state index contributed by atoms with van der Waals surface area (Å²) in [6, 6.07) is 8.84. The fourth-order valence-electron chi connectivity index (χ4n) is 2.10. The first-order valence-electron chi connectivity index (χ1n) is 6.84. The fourth-order valence-corrected chi connectivity index (χ4v) is 2.96. The van der Waals surface area contributed by atoms with Crippen molar-refractivity contribution in [3.63, 3.8) is 0 Å². The zero-order valence-corrected chi connectivity index (χ0v) is 13.2. The van der Waals surface area contributed by atoms with Gasteiger partial charge in [-0.1, -0.05) is 24.3 Å². The number of carboxylic acids is 1. The molecular formula is C17H14O5S. The lowest BCUT2D eigenvalue weighted by Crippen LogP contribution is -2.17. The van der Waals surface area contributed by atoms with Crippen LogP contribution in [0.4, 0.5) is 0 Å². The molecule has 118 valence electrons. The fraction of sp³-hybridized carbons (Fsp3) is 0.176. The van der Waals surface area contributed by atoms with Crippen LogP contribution in [-0.4, -0.2) is 28.4 Å². The van der Waals surface area contributed by atoms with E-state index in [1.165, 1.54) is 18.3 Å². The van der Waals surface area contributed by atoms with E-state index in [1.54, 1.807) is 23.6 Å². The molecule has 0 aliphatic heterocycles. The quantitative estimate of drug-likeness (QED) is 0.479. The van der Waals surface area contributed by atoms with E-state index in [9.17, 15) is 19.2 Å². The number of benzene rings is 1. The highest BCUT2D eigenvalue weighted by Crippen LogP contribution is 2.22. The molecule has 0 bridgehead atoms. The first kappa shape index (κ1) is 16.8. The van der Waals surface area contributed by atoms with Crippen molar-refractivity contribution in [2.24, 2.45) is 0 Å². The van der Waals surface area contributed by atoms with Crippen LogP contribution in [-0.2, 0) is 16.0 Å². The van der Waals surface area contributed by atoms with Crippen LogP contribution in [0.3, 0.4) is 0 Å². The van der Waals surface area contributed by atoms with Crippen molar-refractivity contribution in [3.05, 3.63) is 57.3 Å². The van der Waals surface area contributed by atoms with Crippen molar-refractivity contribution in [2.75, 3.05) is 0 Å². The average Bonchev–Trinajstić information content (AvgIpc) is 2.95. The molecule has 0 spiro atoms. The molecule has 0 unspecified atom stereocenters. The Kier molecular flexibility index (Phi) is 5.18. The number of ketones is 3. The second-order valence-electron chi connectivity index (χ2n) is 5.03. The lowest BCUT2D eigenvalue weighted by molar-refractivity contribution is -0.148. The molecule has 1 N–H and O–H groups in total. The summed E-state index contributed by atoms with van der Waals surface area (Å²) in [4.78, 5) is 45.4. The molecule has 0 radical (unpaired) electrons. The van der Waals surface area contributed by atoms with E-state index >= 15 is 0 Å². The third kappa shape index (κ3) is 4.20. The maximum atomic E-state index is 12.1. The first-order chi connectivity index (χ1) is 10.9. The van der Waals surface area contributed by atoms with Crippen molar-refractivity contribution < 1.29 is 24.3 Å². The van der Waals surface area contributed by atoms with Gasteiger partial charge in [-0.25, -0.2) is 4.79 Å². The summed E-state index contributed by atoms with van der Waals surface area (Å²) in [6.07, 6.45) is -0.157. The molecule has 0 aliphatic carbocycles. The summed E-state index contributed by atoms with van der Waals surface area (Å²) in [7, 11) is 0. The van der Waals surface area contributed by atoms with Gasteiger partial charge >= 0.3 is 5.97 Å². The Morgan fingerprint density at radius 2 is 1.70 bits per heavy atom. The molecule has 5 nitrogen and oxygen atoms in total. The van der Waals surface area contributed by atoms with Crippen LogP contribution >= 0.6 is 11.3 Å². The van der Waals surface area contributed by atoms with E-state index in [-0.39, 0.29) is 5.78 Å². The Bertz CT molecular complexity index is 771. The molecule has 0 amide bonds. The van der Waals surface area contributed by atoms with Crippen LogP contribution in [0.2, 0.25) is 0 Å². The van der Waals surface area contributed by atoms with E-state index in [2.05, 4.69) is 0 Å². The van der Waals surface area contributed by atoms with E-state index in [4.69, 9.17) is 5.11 Å². The van der Waals surface area contributed by atoms with Crippen molar-refractivity contribution in [2.45, 2.75) is 19.8 Å². The minimum atomic E-state index is -1.60. The minimum Gasteiger partial charge on any atom is -0.475 e. The standard InChI is InChI=1S/C17H14O5S/c1-10(18)12-4-2-11(3-5-12)8-13-6-7-23-16(13)14(19)9-15(20)17(21)22/h2-7H,8-9H2,1H3,(H,21,22). The third-order valence-electron chi connectivity index (χ3n) is 3.31. The SMILES string of the molecule is CC(=O)c1ccc(Cc2ccsc2C(=O)CC(=O)C(=O)O)cc1. The van der Waals surface area contributed by atoms with Crippen LogP contribution in [0.1, 0.15) is 44.5 Å². The van der Waals surface area contributed by atoms with Gasteiger partial charge in [0.1, 0.15) is 0 Å². The Hall–Kier alpha value is -2.60. The summed E-state index contributed by atoms with van der Waals surface area (Å²) >= 11 is 1.19. The molecule has 2 aromatic rings. The van der Waals surface area contributed by atoms with Gasteiger partial charge in [0.25, 0.3) is 0 Å². The van der Waals surface area contributed by atoms with Crippen molar-refractivity contribution in [3.8, 4) is 0 Å². The highest BCUT2D eigenvalue weighted by molar-refractivity contribution is 7.12.